The quantitative estimate of drug-likeness (QED) is 0.397. The van der Waals surface area contributed by atoms with Gasteiger partial charge in [0, 0.05) is 29.8 Å². The van der Waals surface area contributed by atoms with E-state index in [0.717, 1.165) is 16.8 Å². The molecule has 0 spiro atoms. The molecule has 188 valence electrons. The lowest BCUT2D eigenvalue weighted by Gasteiger charge is -2.17. The van der Waals surface area contributed by atoms with Gasteiger partial charge in [-0.05, 0) is 68.9 Å². The molecule has 1 aliphatic rings. The SMILES string of the molecule is CC1=CCCC(C(=O)Nc2ccc(C)c(CCc3cc(Nc4cnccn4)n[nH]3)c2)=C(C(F)(F)F)O1. The molecule has 0 atom stereocenters. The fourth-order valence-electron chi connectivity index (χ4n) is 3.79. The van der Waals surface area contributed by atoms with Gasteiger partial charge in [0.1, 0.15) is 5.82 Å². The van der Waals surface area contributed by atoms with Gasteiger partial charge in [0.25, 0.3) is 5.91 Å². The van der Waals surface area contributed by atoms with Crippen molar-refractivity contribution in [2.24, 2.45) is 0 Å². The van der Waals surface area contributed by atoms with Crippen molar-refractivity contribution < 1.29 is 22.7 Å². The van der Waals surface area contributed by atoms with E-state index in [4.69, 9.17) is 4.74 Å². The van der Waals surface area contributed by atoms with Crippen LogP contribution in [-0.4, -0.2) is 32.2 Å². The monoisotopic (exact) mass is 498 g/mol. The minimum atomic E-state index is -4.77. The third-order valence-corrected chi connectivity index (χ3v) is 5.62. The number of anilines is 3. The summed E-state index contributed by atoms with van der Waals surface area (Å²) in [5.74, 6) is -0.787. The first-order valence-electron chi connectivity index (χ1n) is 11.3. The third kappa shape index (κ3) is 6.29. The minimum Gasteiger partial charge on any atom is -0.457 e. The maximum Gasteiger partial charge on any atom is 0.450 e. The number of carbonyl (C=O) groups is 1. The van der Waals surface area contributed by atoms with Crippen LogP contribution in [0.5, 0.6) is 0 Å². The number of aromatic nitrogens is 4. The van der Waals surface area contributed by atoms with Crippen LogP contribution < -0.4 is 10.6 Å². The number of rotatable bonds is 7. The first-order chi connectivity index (χ1) is 17.2. The number of H-pyrrole nitrogens is 1. The number of aryl methyl sites for hydroxylation is 3. The standard InChI is InChI=1S/C25H25F3N6O2/c1-15-6-8-18(31-24(35)20-5-3-4-16(2)36-23(20)25(26,27)28)12-17(15)7-9-19-13-21(34-33-19)32-22-14-29-10-11-30-22/h4,6,8,10-14H,3,5,7,9H2,1-2H3,(H,31,35)(H2,30,32,33,34). The van der Waals surface area contributed by atoms with Crippen LogP contribution in [-0.2, 0) is 22.4 Å². The van der Waals surface area contributed by atoms with Crippen molar-refractivity contribution in [3.63, 3.8) is 0 Å². The predicted octanol–water partition coefficient (Wildman–Crippen LogP) is 5.51. The number of carbonyl (C=O) groups excluding carboxylic acids is 1. The Labute approximate surface area is 205 Å². The van der Waals surface area contributed by atoms with Crippen LogP contribution in [0.25, 0.3) is 0 Å². The number of nitrogens with one attached hydrogen (secondary N) is 3. The van der Waals surface area contributed by atoms with Gasteiger partial charge in [0.05, 0.1) is 17.5 Å². The summed E-state index contributed by atoms with van der Waals surface area (Å²) in [4.78, 5) is 20.9. The van der Waals surface area contributed by atoms with Gasteiger partial charge in [-0.25, -0.2) is 4.98 Å². The zero-order valence-corrected chi connectivity index (χ0v) is 19.7. The topological polar surface area (TPSA) is 105 Å². The van der Waals surface area contributed by atoms with Crippen LogP contribution in [0.2, 0.25) is 0 Å². The number of nitrogens with zero attached hydrogens (tertiary/aromatic N) is 3. The molecular weight excluding hydrogens is 473 g/mol. The second-order valence-electron chi connectivity index (χ2n) is 8.35. The summed E-state index contributed by atoms with van der Waals surface area (Å²) in [6.45, 7) is 3.38. The molecule has 0 bridgehead atoms. The van der Waals surface area contributed by atoms with Gasteiger partial charge in [-0.2, -0.15) is 18.3 Å². The number of aromatic amines is 1. The Morgan fingerprint density at radius 3 is 2.72 bits per heavy atom. The van der Waals surface area contributed by atoms with E-state index in [1.165, 1.54) is 6.92 Å². The van der Waals surface area contributed by atoms with Gasteiger partial charge in [-0.1, -0.05) is 6.07 Å². The zero-order valence-electron chi connectivity index (χ0n) is 19.7. The number of hydrogen-bond acceptors (Lipinski definition) is 6. The summed E-state index contributed by atoms with van der Waals surface area (Å²) >= 11 is 0. The highest BCUT2D eigenvalue weighted by Gasteiger charge is 2.41. The van der Waals surface area contributed by atoms with Crippen molar-refractivity contribution in [1.82, 2.24) is 20.2 Å². The molecule has 0 unspecified atom stereocenters. The van der Waals surface area contributed by atoms with E-state index in [9.17, 15) is 18.0 Å². The maximum absolute atomic E-state index is 13.5. The van der Waals surface area contributed by atoms with E-state index in [1.54, 1.807) is 36.8 Å². The molecule has 1 aliphatic heterocycles. The highest BCUT2D eigenvalue weighted by molar-refractivity contribution is 6.04. The molecule has 0 radical (unpaired) electrons. The molecule has 3 aromatic rings. The number of hydrogen-bond donors (Lipinski definition) is 3. The van der Waals surface area contributed by atoms with E-state index in [2.05, 4.69) is 30.8 Å². The molecular formula is C25H25F3N6O2. The Morgan fingerprint density at radius 1 is 1.14 bits per heavy atom. The summed E-state index contributed by atoms with van der Waals surface area (Å²) in [7, 11) is 0. The Morgan fingerprint density at radius 2 is 1.97 bits per heavy atom. The Balaban J connectivity index is 1.44. The predicted molar refractivity (Wildman–Crippen MR) is 128 cm³/mol. The molecule has 0 saturated carbocycles. The van der Waals surface area contributed by atoms with Crippen molar-refractivity contribution >= 4 is 23.2 Å². The fourth-order valence-corrected chi connectivity index (χ4v) is 3.79. The lowest BCUT2D eigenvalue weighted by atomic mass is 10.0. The van der Waals surface area contributed by atoms with Crippen molar-refractivity contribution in [2.45, 2.75) is 45.7 Å². The van der Waals surface area contributed by atoms with Crippen molar-refractivity contribution in [3.05, 3.63) is 82.8 Å². The second-order valence-corrected chi connectivity index (χ2v) is 8.35. The molecule has 3 N–H and O–H groups in total. The van der Waals surface area contributed by atoms with E-state index < -0.39 is 23.4 Å². The summed E-state index contributed by atoms with van der Waals surface area (Å²) in [6.07, 6.45) is 2.99. The smallest absolute Gasteiger partial charge is 0.450 e. The van der Waals surface area contributed by atoms with Gasteiger partial charge in [-0.15, -0.1) is 0 Å². The first kappa shape index (κ1) is 25.0. The number of amides is 1. The molecule has 11 heteroatoms. The Hall–Kier alpha value is -4.15. The minimum absolute atomic E-state index is 0.0680. The molecule has 4 rings (SSSR count). The number of allylic oxidation sites excluding steroid dienone is 3. The summed E-state index contributed by atoms with van der Waals surface area (Å²) in [5, 5.41) is 12.9. The number of halogens is 3. The normalized spacial score (nSPS) is 14.1. The third-order valence-electron chi connectivity index (χ3n) is 5.62. The largest absolute Gasteiger partial charge is 0.457 e. The average molecular weight is 499 g/mol. The highest BCUT2D eigenvalue weighted by atomic mass is 19.4. The molecule has 1 amide bonds. The Bertz CT molecular complexity index is 1300. The first-order valence-corrected chi connectivity index (χ1v) is 11.3. The maximum atomic E-state index is 13.5. The van der Waals surface area contributed by atoms with Gasteiger partial charge >= 0.3 is 6.18 Å². The van der Waals surface area contributed by atoms with Gasteiger partial charge in [-0.3, -0.25) is 14.9 Å². The fraction of sp³-hybridized carbons (Fsp3) is 0.280. The van der Waals surface area contributed by atoms with E-state index >= 15 is 0 Å². The van der Waals surface area contributed by atoms with Crippen LogP contribution in [0.4, 0.5) is 30.5 Å². The van der Waals surface area contributed by atoms with Crippen LogP contribution in [0, 0.1) is 6.92 Å². The molecule has 3 heterocycles. The molecule has 0 aliphatic carbocycles. The summed E-state index contributed by atoms with van der Waals surface area (Å²) < 4.78 is 45.6. The van der Waals surface area contributed by atoms with Crippen molar-refractivity contribution in [2.75, 3.05) is 10.6 Å². The summed E-state index contributed by atoms with van der Waals surface area (Å²) in [5.41, 5.74) is 2.83. The lowest BCUT2D eigenvalue weighted by molar-refractivity contribution is -0.129. The van der Waals surface area contributed by atoms with Crippen LogP contribution in [0.15, 0.2) is 66.0 Å². The van der Waals surface area contributed by atoms with E-state index in [0.29, 0.717) is 30.2 Å². The average Bonchev–Trinajstić information content (AvgIpc) is 3.17. The number of ether oxygens (including phenoxy) is 1. The molecule has 8 nitrogen and oxygen atoms in total. The molecule has 2 aromatic heterocycles. The molecule has 0 fully saturated rings. The van der Waals surface area contributed by atoms with Crippen LogP contribution in [0.3, 0.4) is 0 Å². The highest BCUT2D eigenvalue weighted by Crippen LogP contribution is 2.35. The molecule has 1 aromatic carbocycles. The summed E-state index contributed by atoms with van der Waals surface area (Å²) in [6, 6.07) is 7.14. The van der Waals surface area contributed by atoms with Gasteiger partial charge in [0.2, 0.25) is 5.76 Å². The van der Waals surface area contributed by atoms with Crippen molar-refractivity contribution in [3.8, 4) is 0 Å². The van der Waals surface area contributed by atoms with E-state index in [1.807, 2.05) is 19.1 Å². The molecule has 36 heavy (non-hydrogen) atoms. The van der Waals surface area contributed by atoms with Gasteiger partial charge < -0.3 is 15.4 Å². The Kier molecular flexibility index (Phi) is 7.37. The zero-order chi connectivity index (χ0) is 25.7. The lowest BCUT2D eigenvalue weighted by Crippen LogP contribution is -2.23. The number of benzene rings is 1. The van der Waals surface area contributed by atoms with Crippen molar-refractivity contribution in [1.29, 1.82) is 0 Å². The van der Waals surface area contributed by atoms with E-state index in [-0.39, 0.29) is 18.6 Å². The number of alkyl halides is 3. The van der Waals surface area contributed by atoms with Crippen LogP contribution in [0.1, 0.15) is 36.6 Å². The second kappa shape index (κ2) is 10.6. The molecule has 0 saturated heterocycles. The van der Waals surface area contributed by atoms with Gasteiger partial charge in [0.15, 0.2) is 5.82 Å². The van der Waals surface area contributed by atoms with Crippen LogP contribution >= 0.6 is 0 Å².